The Morgan fingerprint density at radius 3 is 0.559 bits per heavy atom. The summed E-state index contributed by atoms with van der Waals surface area (Å²) in [4.78, 5) is 0. The molecule has 4 nitrogen and oxygen atoms in total. The molecule has 0 amide bonds. The van der Waals surface area contributed by atoms with Gasteiger partial charge < -0.3 is 18.9 Å². The van der Waals surface area contributed by atoms with Crippen LogP contribution in [0.4, 0.5) is 0 Å². The van der Waals surface area contributed by atoms with Crippen molar-refractivity contribution in [1.29, 1.82) is 0 Å². The molecule has 0 unspecified atom stereocenters. The highest BCUT2D eigenvalue weighted by Crippen LogP contribution is 2.53. The van der Waals surface area contributed by atoms with Gasteiger partial charge in [0.05, 0.1) is 26.4 Å². The van der Waals surface area contributed by atoms with Crippen molar-refractivity contribution < 1.29 is 18.9 Å². The average molecular weight is 1010 g/mol. The molecule has 0 aromatic heterocycles. The minimum Gasteiger partial charge on any atom is -0.489 e. The standard InChI is InChI=1S/C60H98O4S4/c65-47-33-25-17-9-1-5-13-21-29-43-61-57-51-39-37-41-53-55(51)56-52(58(57)62-44-30-22-14-6-2-10-18-26-34-48-66)40-38-42-54(56)60(64-46-32-24-16-8-4-12-20-28-36-50-68)59(53)63-45-31-23-15-7-3-11-19-27-35-49-67/h37-42,65-68H,1-36,43-50H2. The zero-order chi connectivity index (χ0) is 48.0. The van der Waals surface area contributed by atoms with Crippen LogP contribution in [0.2, 0.25) is 0 Å². The van der Waals surface area contributed by atoms with Gasteiger partial charge in [-0.3, -0.25) is 0 Å². The Morgan fingerprint density at radius 1 is 0.221 bits per heavy atom. The Balaban J connectivity index is 1.53. The molecule has 4 rings (SSSR count). The summed E-state index contributed by atoms with van der Waals surface area (Å²) in [6.45, 7) is 2.76. The maximum absolute atomic E-state index is 6.95. The summed E-state index contributed by atoms with van der Waals surface area (Å²) in [6.07, 6.45) is 45.6. The molecular formula is C60H98O4S4. The fraction of sp³-hybridized carbons (Fsp3) is 0.733. The summed E-state index contributed by atoms with van der Waals surface area (Å²) in [5, 5.41) is 6.91. The average Bonchev–Trinajstić information content (AvgIpc) is 3.36. The van der Waals surface area contributed by atoms with Crippen LogP contribution in [0.1, 0.15) is 231 Å². The van der Waals surface area contributed by atoms with Crippen LogP contribution in [0.15, 0.2) is 36.4 Å². The highest BCUT2D eigenvalue weighted by Gasteiger charge is 2.26. The fourth-order valence-electron chi connectivity index (χ4n) is 9.96. The van der Waals surface area contributed by atoms with E-state index in [1.807, 2.05) is 0 Å². The molecule has 0 bridgehead atoms. The number of ether oxygens (including phenoxy) is 4. The van der Waals surface area contributed by atoms with Crippen molar-refractivity contribution in [3.63, 3.8) is 0 Å². The predicted molar refractivity (Wildman–Crippen MR) is 314 cm³/mol. The Hall–Kier alpha value is -1.48. The minimum absolute atomic E-state index is 0.691. The predicted octanol–water partition coefficient (Wildman–Crippen LogP) is 19.9. The lowest BCUT2D eigenvalue weighted by Crippen LogP contribution is -2.07. The van der Waals surface area contributed by atoms with Crippen molar-refractivity contribution in [2.75, 3.05) is 49.4 Å². The highest BCUT2D eigenvalue weighted by atomic mass is 32.1. The molecule has 0 aliphatic heterocycles. The number of benzene rings is 4. The molecule has 4 aromatic carbocycles. The third kappa shape index (κ3) is 22.9. The highest BCUT2D eigenvalue weighted by molar-refractivity contribution is 7.80. The Bertz CT molecular complexity index is 1550. The van der Waals surface area contributed by atoms with Crippen LogP contribution in [0.5, 0.6) is 23.0 Å². The lowest BCUT2D eigenvalue weighted by Gasteiger charge is -2.24. The number of unbranched alkanes of at least 4 members (excludes halogenated alkanes) is 32. The monoisotopic (exact) mass is 1010 g/mol. The van der Waals surface area contributed by atoms with Gasteiger partial charge in [0.1, 0.15) is 0 Å². The molecule has 0 aliphatic rings. The van der Waals surface area contributed by atoms with E-state index in [2.05, 4.69) is 86.9 Å². The topological polar surface area (TPSA) is 36.9 Å². The third-order valence-electron chi connectivity index (χ3n) is 14.0. The van der Waals surface area contributed by atoms with Gasteiger partial charge in [0.15, 0.2) is 23.0 Å². The van der Waals surface area contributed by atoms with Gasteiger partial charge in [0.2, 0.25) is 0 Å². The molecule has 386 valence electrons. The first kappa shape index (κ1) is 59.1. The zero-order valence-corrected chi connectivity index (χ0v) is 46.6. The lowest BCUT2D eigenvalue weighted by atomic mass is 9.91. The number of hydrogen-bond acceptors (Lipinski definition) is 8. The summed E-state index contributed by atoms with van der Waals surface area (Å²) < 4.78 is 27.8. The van der Waals surface area contributed by atoms with Gasteiger partial charge in [-0.2, -0.15) is 50.5 Å². The van der Waals surface area contributed by atoms with Crippen molar-refractivity contribution in [3.8, 4) is 23.0 Å². The van der Waals surface area contributed by atoms with Gasteiger partial charge in [-0.05, 0) is 74.4 Å². The molecule has 68 heavy (non-hydrogen) atoms. The first-order chi connectivity index (χ1) is 33.8. The van der Waals surface area contributed by atoms with E-state index in [9.17, 15) is 0 Å². The van der Waals surface area contributed by atoms with Gasteiger partial charge in [0.25, 0.3) is 0 Å². The molecule has 0 atom stereocenters. The number of rotatable bonds is 48. The van der Waals surface area contributed by atoms with Crippen LogP contribution in [0.3, 0.4) is 0 Å². The van der Waals surface area contributed by atoms with Crippen LogP contribution in [0, 0.1) is 0 Å². The molecule has 4 aromatic rings. The van der Waals surface area contributed by atoms with E-state index in [4.69, 9.17) is 18.9 Å². The molecule has 0 aliphatic carbocycles. The quantitative estimate of drug-likeness (QED) is 0.0202. The van der Waals surface area contributed by atoms with E-state index in [0.717, 1.165) is 93.2 Å². The first-order valence-corrected chi connectivity index (χ1v) is 31.0. The van der Waals surface area contributed by atoms with Gasteiger partial charge in [0, 0.05) is 32.3 Å². The molecule has 0 heterocycles. The number of thiol groups is 4. The molecule has 0 N–H and O–H groups in total. The molecule has 0 spiro atoms. The second-order valence-corrected chi connectivity index (χ2v) is 21.6. The Kier molecular flexibility index (Phi) is 34.8. The van der Waals surface area contributed by atoms with Crippen LogP contribution in [0.25, 0.3) is 32.3 Å². The smallest absolute Gasteiger partial charge is 0.169 e. The summed E-state index contributed by atoms with van der Waals surface area (Å²) >= 11 is 17.5. The Labute approximate surface area is 439 Å². The Morgan fingerprint density at radius 2 is 0.382 bits per heavy atom. The van der Waals surface area contributed by atoms with Crippen LogP contribution in [-0.2, 0) is 0 Å². The number of hydrogen-bond donors (Lipinski definition) is 4. The van der Waals surface area contributed by atoms with Crippen molar-refractivity contribution >= 4 is 82.8 Å². The van der Waals surface area contributed by atoms with Gasteiger partial charge in [-0.15, -0.1) is 0 Å². The van der Waals surface area contributed by atoms with Gasteiger partial charge >= 0.3 is 0 Å². The normalized spacial score (nSPS) is 11.8. The van der Waals surface area contributed by atoms with E-state index in [-0.39, 0.29) is 0 Å². The maximum Gasteiger partial charge on any atom is 0.169 e. The molecular weight excluding hydrogens is 913 g/mol. The second kappa shape index (κ2) is 40.1. The maximum atomic E-state index is 6.95. The van der Waals surface area contributed by atoms with Crippen molar-refractivity contribution in [1.82, 2.24) is 0 Å². The van der Waals surface area contributed by atoms with Crippen molar-refractivity contribution in [2.24, 2.45) is 0 Å². The van der Waals surface area contributed by atoms with Crippen LogP contribution >= 0.6 is 50.5 Å². The molecule has 0 fully saturated rings. The van der Waals surface area contributed by atoms with Crippen molar-refractivity contribution in [3.05, 3.63) is 36.4 Å². The summed E-state index contributed by atoms with van der Waals surface area (Å²) in [5.41, 5.74) is 0. The van der Waals surface area contributed by atoms with Crippen LogP contribution < -0.4 is 18.9 Å². The van der Waals surface area contributed by atoms with Crippen molar-refractivity contribution in [2.45, 2.75) is 231 Å². The lowest BCUT2D eigenvalue weighted by molar-refractivity contribution is 0.262. The van der Waals surface area contributed by atoms with Crippen LogP contribution in [-0.4, -0.2) is 49.4 Å². The molecule has 0 saturated heterocycles. The SMILES string of the molecule is SCCCCCCCCCCCOc1c(OCCCCCCCCCCCS)c2cccc3c(OCCCCCCCCCCCS)c(OCCCCCCCCCCCS)c4cccc1c4c23. The largest absolute Gasteiger partial charge is 0.489 e. The molecule has 0 saturated carbocycles. The molecule has 8 heteroatoms. The molecule has 0 radical (unpaired) electrons. The van der Waals surface area contributed by atoms with Gasteiger partial charge in [-0.25, -0.2) is 0 Å². The van der Waals surface area contributed by atoms with E-state index >= 15 is 0 Å². The minimum atomic E-state index is 0.691. The second-order valence-electron chi connectivity index (χ2n) is 19.8. The third-order valence-corrected chi connectivity index (χ3v) is 15.2. The van der Waals surface area contributed by atoms with Gasteiger partial charge in [-0.1, -0.05) is 216 Å². The summed E-state index contributed by atoms with van der Waals surface area (Å²) in [7, 11) is 0. The zero-order valence-electron chi connectivity index (χ0n) is 43.0. The summed E-state index contributed by atoms with van der Waals surface area (Å²) in [6, 6.07) is 13.4. The first-order valence-electron chi connectivity index (χ1n) is 28.5. The fourth-order valence-corrected chi connectivity index (χ4v) is 10.9. The summed E-state index contributed by atoms with van der Waals surface area (Å²) in [5.74, 6) is 7.63. The van der Waals surface area contributed by atoms with E-state index in [1.54, 1.807) is 0 Å². The van der Waals surface area contributed by atoms with E-state index < -0.39 is 0 Å². The van der Waals surface area contributed by atoms with E-state index in [1.165, 1.54) is 216 Å². The van der Waals surface area contributed by atoms with E-state index in [0.29, 0.717) is 26.4 Å².